The van der Waals surface area contributed by atoms with Crippen LogP contribution in [0.4, 0.5) is 5.69 Å². The van der Waals surface area contributed by atoms with Crippen molar-refractivity contribution in [1.29, 1.82) is 0 Å². The van der Waals surface area contributed by atoms with Crippen LogP contribution < -0.4 is 11.1 Å². The van der Waals surface area contributed by atoms with Crippen LogP contribution in [0, 0.1) is 13.8 Å². The molecule has 0 fully saturated rings. The molecular formula is C16H23N5O. The van der Waals surface area contributed by atoms with E-state index in [9.17, 15) is 0 Å². The van der Waals surface area contributed by atoms with Crippen molar-refractivity contribution in [1.82, 2.24) is 10.1 Å². The maximum absolute atomic E-state index is 5.90. The third kappa shape index (κ3) is 4.58. The van der Waals surface area contributed by atoms with Crippen LogP contribution in [0.15, 0.2) is 27.7 Å². The number of nitrogens with zero attached hydrogens (tertiary/aromatic N) is 3. The van der Waals surface area contributed by atoms with Gasteiger partial charge in [-0.25, -0.2) is 0 Å². The number of nitrogens with two attached hydrogens (primary N) is 1. The molecule has 0 spiro atoms. The quantitative estimate of drug-likeness (QED) is 0.654. The van der Waals surface area contributed by atoms with Gasteiger partial charge in [0.2, 0.25) is 5.89 Å². The molecule has 22 heavy (non-hydrogen) atoms. The molecule has 118 valence electrons. The average Bonchev–Trinajstić information content (AvgIpc) is 2.86. The van der Waals surface area contributed by atoms with E-state index >= 15 is 0 Å². The highest BCUT2D eigenvalue weighted by atomic mass is 16.5. The monoisotopic (exact) mass is 301 g/mol. The number of aliphatic imine (C=N–C) groups is 1. The van der Waals surface area contributed by atoms with Crippen LogP contribution in [0.2, 0.25) is 0 Å². The summed E-state index contributed by atoms with van der Waals surface area (Å²) in [5.74, 6) is 1.96. The second kappa shape index (κ2) is 7.06. The minimum Gasteiger partial charge on any atom is -0.370 e. The second-order valence-electron chi connectivity index (χ2n) is 5.72. The van der Waals surface area contributed by atoms with Gasteiger partial charge >= 0.3 is 0 Å². The number of hydrogen-bond acceptors (Lipinski definition) is 4. The lowest BCUT2D eigenvalue weighted by Gasteiger charge is -2.07. The molecule has 0 aliphatic rings. The first-order chi connectivity index (χ1) is 10.4. The van der Waals surface area contributed by atoms with Gasteiger partial charge in [0.05, 0.1) is 6.54 Å². The van der Waals surface area contributed by atoms with Crippen molar-refractivity contribution < 1.29 is 4.52 Å². The summed E-state index contributed by atoms with van der Waals surface area (Å²) in [4.78, 5) is 8.59. The highest BCUT2D eigenvalue weighted by Crippen LogP contribution is 2.13. The molecule has 0 radical (unpaired) electrons. The van der Waals surface area contributed by atoms with Gasteiger partial charge in [0.1, 0.15) is 0 Å². The molecule has 0 amide bonds. The van der Waals surface area contributed by atoms with E-state index in [2.05, 4.69) is 26.5 Å². The third-order valence-corrected chi connectivity index (χ3v) is 3.10. The standard InChI is InChI=1S/C16H23N5O/c1-10(2)15-20-14(22-21-15)5-6-18-16(17)19-13-8-11(3)7-12(4)9-13/h7-10H,5-6H2,1-4H3,(H3,17,18,19). The van der Waals surface area contributed by atoms with E-state index in [1.54, 1.807) is 0 Å². The Morgan fingerprint density at radius 1 is 1.27 bits per heavy atom. The number of rotatable bonds is 5. The molecular weight excluding hydrogens is 278 g/mol. The summed E-state index contributed by atoms with van der Waals surface area (Å²) in [6.45, 7) is 8.65. The minimum atomic E-state index is 0.261. The molecule has 0 aliphatic carbocycles. The predicted molar refractivity (Wildman–Crippen MR) is 88.1 cm³/mol. The first-order valence-electron chi connectivity index (χ1n) is 7.42. The maximum Gasteiger partial charge on any atom is 0.228 e. The first-order valence-corrected chi connectivity index (χ1v) is 7.42. The van der Waals surface area contributed by atoms with Crippen LogP contribution in [0.1, 0.15) is 42.6 Å². The molecule has 3 N–H and O–H groups in total. The van der Waals surface area contributed by atoms with Gasteiger partial charge in [-0.3, -0.25) is 4.99 Å². The molecule has 0 aliphatic heterocycles. The molecule has 0 saturated heterocycles. The van der Waals surface area contributed by atoms with Crippen molar-refractivity contribution >= 4 is 11.6 Å². The minimum absolute atomic E-state index is 0.261. The Morgan fingerprint density at radius 3 is 2.55 bits per heavy atom. The van der Waals surface area contributed by atoms with Crippen LogP contribution in [-0.2, 0) is 6.42 Å². The molecule has 6 heteroatoms. The lowest BCUT2D eigenvalue weighted by atomic mass is 10.1. The SMILES string of the molecule is Cc1cc(C)cc(NC(N)=NCCc2nc(C(C)C)no2)c1. The maximum atomic E-state index is 5.90. The molecule has 0 bridgehead atoms. The molecule has 0 saturated carbocycles. The molecule has 1 heterocycles. The number of anilines is 1. The summed E-state index contributed by atoms with van der Waals surface area (Å²) in [6.07, 6.45) is 0.578. The van der Waals surface area contributed by atoms with Crippen molar-refractivity contribution in [3.63, 3.8) is 0 Å². The fourth-order valence-electron chi connectivity index (χ4n) is 2.11. The van der Waals surface area contributed by atoms with Crippen molar-refractivity contribution in [3.8, 4) is 0 Å². The van der Waals surface area contributed by atoms with E-state index in [-0.39, 0.29) is 5.92 Å². The molecule has 6 nitrogen and oxygen atoms in total. The highest BCUT2D eigenvalue weighted by Gasteiger charge is 2.08. The van der Waals surface area contributed by atoms with E-state index in [1.165, 1.54) is 11.1 Å². The largest absolute Gasteiger partial charge is 0.370 e. The van der Waals surface area contributed by atoms with Gasteiger partial charge in [0.15, 0.2) is 11.8 Å². The number of aromatic nitrogens is 2. The van der Waals surface area contributed by atoms with Gasteiger partial charge in [-0.15, -0.1) is 0 Å². The van der Waals surface area contributed by atoms with Gasteiger partial charge in [0, 0.05) is 18.0 Å². The van der Waals surface area contributed by atoms with Gasteiger partial charge in [-0.1, -0.05) is 25.1 Å². The zero-order valence-electron chi connectivity index (χ0n) is 13.6. The number of hydrogen-bond donors (Lipinski definition) is 2. The molecule has 2 rings (SSSR count). The number of aryl methyl sites for hydroxylation is 2. The van der Waals surface area contributed by atoms with Gasteiger partial charge in [-0.05, 0) is 37.1 Å². The normalized spacial score (nSPS) is 12.0. The van der Waals surface area contributed by atoms with Crippen LogP contribution in [0.25, 0.3) is 0 Å². The zero-order valence-corrected chi connectivity index (χ0v) is 13.6. The Balaban J connectivity index is 1.89. The van der Waals surface area contributed by atoms with Gasteiger partial charge < -0.3 is 15.6 Å². The van der Waals surface area contributed by atoms with Gasteiger partial charge in [-0.2, -0.15) is 4.98 Å². The molecule has 0 unspecified atom stereocenters. The van der Waals surface area contributed by atoms with E-state index in [1.807, 2.05) is 39.8 Å². The Morgan fingerprint density at radius 2 is 1.95 bits per heavy atom. The molecule has 0 atom stereocenters. The van der Waals surface area contributed by atoms with Crippen LogP contribution in [0.5, 0.6) is 0 Å². The number of benzene rings is 1. The van der Waals surface area contributed by atoms with Gasteiger partial charge in [0.25, 0.3) is 0 Å². The van der Waals surface area contributed by atoms with E-state index in [0.29, 0.717) is 24.8 Å². The summed E-state index contributed by atoms with van der Waals surface area (Å²) in [7, 11) is 0. The zero-order chi connectivity index (χ0) is 16.1. The van der Waals surface area contributed by atoms with Crippen molar-refractivity contribution in [3.05, 3.63) is 41.0 Å². The van der Waals surface area contributed by atoms with Crippen LogP contribution in [0.3, 0.4) is 0 Å². The van der Waals surface area contributed by atoms with Crippen LogP contribution in [-0.4, -0.2) is 22.6 Å². The van der Waals surface area contributed by atoms with Crippen molar-refractivity contribution in [2.75, 3.05) is 11.9 Å². The summed E-state index contributed by atoms with van der Waals surface area (Å²) < 4.78 is 5.17. The smallest absolute Gasteiger partial charge is 0.228 e. The first kappa shape index (κ1) is 16.0. The Hall–Kier alpha value is -2.37. The summed E-state index contributed by atoms with van der Waals surface area (Å²) in [5, 5.41) is 7.01. The summed E-state index contributed by atoms with van der Waals surface area (Å²) in [5.41, 5.74) is 9.20. The second-order valence-corrected chi connectivity index (χ2v) is 5.72. The molecule has 1 aromatic carbocycles. The fourth-order valence-corrected chi connectivity index (χ4v) is 2.11. The lowest BCUT2D eigenvalue weighted by molar-refractivity contribution is 0.372. The third-order valence-electron chi connectivity index (χ3n) is 3.10. The average molecular weight is 301 g/mol. The summed E-state index contributed by atoms with van der Waals surface area (Å²) in [6, 6.07) is 6.17. The molecule has 1 aromatic heterocycles. The topological polar surface area (TPSA) is 89.3 Å². The Kier molecular flexibility index (Phi) is 5.14. The van der Waals surface area contributed by atoms with Crippen molar-refractivity contribution in [2.24, 2.45) is 10.7 Å². The van der Waals surface area contributed by atoms with E-state index in [0.717, 1.165) is 11.5 Å². The Bertz CT molecular complexity index is 640. The van der Waals surface area contributed by atoms with Crippen LogP contribution >= 0.6 is 0 Å². The van der Waals surface area contributed by atoms with E-state index in [4.69, 9.17) is 10.3 Å². The Labute approximate surface area is 130 Å². The number of nitrogens with one attached hydrogen (secondary N) is 1. The fraction of sp³-hybridized carbons (Fsp3) is 0.438. The predicted octanol–water partition coefficient (Wildman–Crippen LogP) is 2.78. The number of guanidine groups is 1. The molecule has 2 aromatic rings. The summed E-state index contributed by atoms with van der Waals surface area (Å²) >= 11 is 0. The van der Waals surface area contributed by atoms with E-state index < -0.39 is 0 Å². The van der Waals surface area contributed by atoms with Crippen molar-refractivity contribution in [2.45, 2.75) is 40.0 Å². The lowest BCUT2D eigenvalue weighted by Crippen LogP contribution is -2.23. The highest BCUT2D eigenvalue weighted by molar-refractivity contribution is 5.92.